The summed E-state index contributed by atoms with van der Waals surface area (Å²) >= 11 is 0. The van der Waals surface area contributed by atoms with Crippen LogP contribution in [0.3, 0.4) is 0 Å². The van der Waals surface area contributed by atoms with Crippen molar-refractivity contribution in [3.63, 3.8) is 0 Å². The van der Waals surface area contributed by atoms with Gasteiger partial charge in [-0.3, -0.25) is 0 Å². The van der Waals surface area contributed by atoms with Gasteiger partial charge >= 0.3 is 6.09 Å². The van der Waals surface area contributed by atoms with Crippen LogP contribution >= 0.6 is 0 Å². The molecule has 6 aromatic rings. The SMILES string of the molecule is O=C(O)N1C[C@H](OCc2ccc3ccccc3c2)C(c2ccc(OCCCOCc3ccccc3)cc2)[C@H](OCc2ccc3ccccc3c2)C1. The van der Waals surface area contributed by atoms with Crippen molar-refractivity contribution in [3.8, 4) is 5.75 Å². The molecule has 7 heteroatoms. The van der Waals surface area contributed by atoms with Crippen LogP contribution in [0.4, 0.5) is 4.79 Å². The van der Waals surface area contributed by atoms with E-state index >= 15 is 0 Å². The Hall–Kier alpha value is -5.21. The Balaban J connectivity index is 1.06. The quantitative estimate of drug-likeness (QED) is 0.116. The number of carbonyl (C=O) groups is 1. The molecule has 1 fully saturated rings. The van der Waals surface area contributed by atoms with Gasteiger partial charge in [0, 0.05) is 12.3 Å². The van der Waals surface area contributed by atoms with E-state index in [0.29, 0.717) is 33.0 Å². The molecule has 1 saturated heterocycles. The van der Waals surface area contributed by atoms with E-state index in [4.69, 9.17) is 18.9 Å². The average Bonchev–Trinajstić information content (AvgIpc) is 3.18. The molecule has 6 aromatic carbocycles. The first kappa shape index (κ1) is 34.2. The number of amides is 1. The van der Waals surface area contributed by atoms with Crippen molar-refractivity contribution >= 4 is 27.6 Å². The van der Waals surface area contributed by atoms with Crippen molar-refractivity contribution < 1.29 is 28.8 Å². The second-order valence-corrected chi connectivity index (χ2v) is 13.1. The predicted octanol–water partition coefficient (Wildman–Crippen LogP) is 9.23. The van der Waals surface area contributed by atoms with E-state index in [1.54, 1.807) is 0 Å². The molecule has 0 aliphatic carbocycles. The third-order valence-corrected chi connectivity index (χ3v) is 9.51. The predicted molar refractivity (Wildman–Crippen MR) is 200 cm³/mol. The lowest BCUT2D eigenvalue weighted by Gasteiger charge is -2.42. The number of likely N-dealkylation sites (tertiary alicyclic amines) is 1. The highest BCUT2D eigenvalue weighted by molar-refractivity contribution is 5.83. The van der Waals surface area contributed by atoms with Gasteiger partial charge in [0.15, 0.2) is 0 Å². The van der Waals surface area contributed by atoms with Gasteiger partial charge in [0.25, 0.3) is 0 Å². The number of nitrogens with zero attached hydrogens (tertiary/aromatic N) is 1. The van der Waals surface area contributed by atoms with E-state index < -0.39 is 18.3 Å². The van der Waals surface area contributed by atoms with Crippen LogP contribution < -0.4 is 4.74 Å². The molecule has 1 N–H and O–H groups in total. The second kappa shape index (κ2) is 16.7. The number of rotatable bonds is 14. The third kappa shape index (κ3) is 8.94. The minimum atomic E-state index is -0.983. The van der Waals surface area contributed by atoms with Crippen LogP contribution in [0.2, 0.25) is 0 Å². The molecule has 51 heavy (non-hydrogen) atoms. The molecule has 7 nitrogen and oxygen atoms in total. The molecule has 3 atom stereocenters. The summed E-state index contributed by atoms with van der Waals surface area (Å²) in [5.74, 6) is 0.564. The van der Waals surface area contributed by atoms with Crippen LogP contribution in [0.15, 0.2) is 140 Å². The first-order valence-corrected chi connectivity index (χ1v) is 17.6. The number of hydrogen-bond donors (Lipinski definition) is 1. The highest BCUT2D eigenvalue weighted by Crippen LogP contribution is 2.35. The van der Waals surface area contributed by atoms with Gasteiger partial charge in [0.1, 0.15) is 5.75 Å². The molecular weight excluding hydrogens is 638 g/mol. The molecule has 0 spiro atoms. The van der Waals surface area contributed by atoms with E-state index in [0.717, 1.165) is 56.0 Å². The maximum atomic E-state index is 12.4. The highest BCUT2D eigenvalue weighted by Gasteiger charge is 2.41. The summed E-state index contributed by atoms with van der Waals surface area (Å²) in [5.41, 5.74) is 4.24. The Labute approximate surface area is 299 Å². The zero-order valence-electron chi connectivity index (χ0n) is 28.6. The molecular formula is C44H43NO6. The zero-order valence-corrected chi connectivity index (χ0v) is 28.6. The standard InChI is InChI=1S/C44H43NO6/c46-44(47)45-27-41(50-30-33-15-17-35-11-4-6-13-38(35)25-33)43(42(28-45)51-31-34-16-18-36-12-5-7-14-39(36)26-34)37-19-21-40(22-20-37)49-24-8-23-48-29-32-9-2-1-3-10-32/h1-7,9-22,25-26,41-43H,8,23-24,27-31H2,(H,46,47)/t41-,42+,43?. The molecule has 0 saturated carbocycles. The average molecular weight is 682 g/mol. The first-order chi connectivity index (χ1) is 25.1. The highest BCUT2D eigenvalue weighted by atomic mass is 16.5. The number of hydrogen-bond acceptors (Lipinski definition) is 5. The van der Waals surface area contributed by atoms with Gasteiger partial charge in [-0.1, -0.05) is 115 Å². The Morgan fingerprint density at radius 3 is 1.71 bits per heavy atom. The van der Waals surface area contributed by atoms with Crippen LogP contribution in [-0.4, -0.2) is 54.6 Å². The van der Waals surface area contributed by atoms with Crippen molar-refractivity contribution in [3.05, 3.63) is 162 Å². The van der Waals surface area contributed by atoms with Gasteiger partial charge in [-0.15, -0.1) is 0 Å². The van der Waals surface area contributed by atoms with Crippen LogP contribution in [0.25, 0.3) is 21.5 Å². The normalized spacial score (nSPS) is 17.5. The summed E-state index contributed by atoms with van der Waals surface area (Å²) in [6, 6.07) is 47.3. The zero-order chi connectivity index (χ0) is 34.8. The Morgan fingerprint density at radius 1 is 0.588 bits per heavy atom. The fourth-order valence-electron chi connectivity index (χ4n) is 6.84. The van der Waals surface area contributed by atoms with Crippen LogP contribution in [0.1, 0.15) is 34.6 Å². The Kier molecular flexibility index (Phi) is 11.2. The summed E-state index contributed by atoms with van der Waals surface area (Å²) in [6.07, 6.45) is -1.08. The molecule has 0 aromatic heterocycles. The molecule has 260 valence electrons. The van der Waals surface area contributed by atoms with Crippen molar-refractivity contribution in [2.24, 2.45) is 0 Å². The van der Waals surface area contributed by atoms with Gasteiger partial charge in [0.2, 0.25) is 0 Å². The van der Waals surface area contributed by atoms with E-state index in [-0.39, 0.29) is 19.0 Å². The maximum Gasteiger partial charge on any atom is 0.407 e. The minimum Gasteiger partial charge on any atom is -0.494 e. The Bertz CT molecular complexity index is 1940. The smallest absolute Gasteiger partial charge is 0.407 e. The maximum absolute atomic E-state index is 12.4. The van der Waals surface area contributed by atoms with Crippen molar-refractivity contribution in [2.45, 2.75) is 44.4 Å². The molecule has 1 aliphatic heterocycles. The fraction of sp³-hybridized carbons (Fsp3) is 0.250. The van der Waals surface area contributed by atoms with Crippen molar-refractivity contribution in [2.75, 3.05) is 26.3 Å². The van der Waals surface area contributed by atoms with Gasteiger partial charge in [-0.05, 0) is 68.1 Å². The first-order valence-electron chi connectivity index (χ1n) is 17.6. The largest absolute Gasteiger partial charge is 0.494 e. The van der Waals surface area contributed by atoms with Crippen LogP contribution in [0, 0.1) is 0 Å². The van der Waals surface area contributed by atoms with Crippen molar-refractivity contribution in [1.29, 1.82) is 0 Å². The molecule has 1 aliphatic rings. The lowest BCUT2D eigenvalue weighted by atomic mass is 9.84. The fourth-order valence-corrected chi connectivity index (χ4v) is 6.84. The molecule has 0 bridgehead atoms. The summed E-state index contributed by atoms with van der Waals surface area (Å²) in [5, 5.41) is 14.8. The van der Waals surface area contributed by atoms with E-state index in [9.17, 15) is 9.90 Å². The number of benzene rings is 6. The van der Waals surface area contributed by atoms with Gasteiger partial charge in [-0.25, -0.2) is 4.79 Å². The van der Waals surface area contributed by atoms with Crippen LogP contribution in [-0.2, 0) is 34.0 Å². The number of carboxylic acid groups (broad SMARTS) is 1. The number of fused-ring (bicyclic) bond motifs is 2. The van der Waals surface area contributed by atoms with Gasteiger partial charge in [-0.2, -0.15) is 0 Å². The van der Waals surface area contributed by atoms with Crippen LogP contribution in [0.5, 0.6) is 5.75 Å². The number of piperidine rings is 1. The summed E-state index contributed by atoms with van der Waals surface area (Å²) in [6.45, 7) is 2.93. The molecule has 1 heterocycles. The molecule has 1 unspecified atom stereocenters. The summed E-state index contributed by atoms with van der Waals surface area (Å²) < 4.78 is 25.1. The lowest BCUT2D eigenvalue weighted by molar-refractivity contribution is -0.0937. The van der Waals surface area contributed by atoms with Crippen molar-refractivity contribution in [1.82, 2.24) is 4.90 Å². The monoisotopic (exact) mass is 681 g/mol. The van der Waals surface area contributed by atoms with E-state index in [1.165, 1.54) is 4.90 Å². The molecule has 0 radical (unpaired) electrons. The Morgan fingerprint density at radius 2 is 1.14 bits per heavy atom. The second-order valence-electron chi connectivity index (χ2n) is 13.1. The lowest BCUT2D eigenvalue weighted by Crippen LogP contribution is -2.54. The summed E-state index contributed by atoms with van der Waals surface area (Å²) in [4.78, 5) is 13.8. The van der Waals surface area contributed by atoms with E-state index in [2.05, 4.69) is 84.9 Å². The molecule has 1 amide bonds. The van der Waals surface area contributed by atoms with E-state index in [1.807, 2.05) is 54.6 Å². The number of ether oxygens (including phenoxy) is 4. The molecule has 7 rings (SSSR count). The summed E-state index contributed by atoms with van der Waals surface area (Å²) in [7, 11) is 0. The minimum absolute atomic E-state index is 0.207. The third-order valence-electron chi connectivity index (χ3n) is 9.51. The van der Waals surface area contributed by atoms with Gasteiger partial charge in [0.05, 0.1) is 58.3 Å². The topological polar surface area (TPSA) is 77.5 Å². The van der Waals surface area contributed by atoms with Gasteiger partial charge < -0.3 is 29.0 Å².